The van der Waals surface area contributed by atoms with E-state index in [0.29, 0.717) is 48.3 Å². The molecule has 1 aliphatic rings. The third-order valence-electron chi connectivity index (χ3n) is 6.69. The molecule has 1 aromatic heterocycles. The summed E-state index contributed by atoms with van der Waals surface area (Å²) in [4.78, 5) is 33.0. The van der Waals surface area contributed by atoms with Crippen molar-refractivity contribution in [1.29, 1.82) is 0 Å². The second kappa shape index (κ2) is 14.9. The molecule has 36 heavy (non-hydrogen) atoms. The van der Waals surface area contributed by atoms with Gasteiger partial charge in [-0.2, -0.15) is 0 Å². The summed E-state index contributed by atoms with van der Waals surface area (Å²) in [7, 11) is 0. The summed E-state index contributed by atoms with van der Waals surface area (Å²) < 4.78 is 0. The van der Waals surface area contributed by atoms with Crippen LogP contribution in [-0.4, -0.2) is 64.8 Å². The van der Waals surface area contributed by atoms with Crippen LogP contribution in [0.5, 0.6) is 0 Å². The lowest BCUT2D eigenvalue weighted by atomic mass is 9.90. The molecule has 1 saturated heterocycles. The predicted octanol–water partition coefficient (Wildman–Crippen LogP) is 5.95. The quantitative estimate of drug-likeness (QED) is 0.196. The smallest absolute Gasteiger partial charge is 0.331 e. The van der Waals surface area contributed by atoms with Crippen molar-refractivity contribution in [1.82, 2.24) is 9.88 Å². The van der Waals surface area contributed by atoms with Gasteiger partial charge in [-0.3, -0.25) is 9.78 Å². The van der Waals surface area contributed by atoms with Crippen molar-refractivity contribution in [2.24, 2.45) is 5.92 Å². The maximum Gasteiger partial charge on any atom is 0.331 e. The van der Waals surface area contributed by atoms with Crippen LogP contribution in [0.3, 0.4) is 0 Å². The number of hydrogen-bond donors (Lipinski definition) is 1. The number of likely N-dealkylation sites (tertiary alicyclic amines) is 1. The van der Waals surface area contributed by atoms with Gasteiger partial charge in [-0.25, -0.2) is 4.79 Å². The first-order valence-corrected chi connectivity index (χ1v) is 13.7. The molecule has 194 valence electrons. The topological polar surface area (TPSA) is 73.7 Å². The Morgan fingerprint density at radius 3 is 2.42 bits per heavy atom. The minimum atomic E-state index is -0.874. The lowest BCUT2D eigenvalue weighted by Gasteiger charge is -2.33. The number of piperidine rings is 1. The zero-order valence-electron chi connectivity index (χ0n) is 20.6. The average molecular weight is 533 g/mol. The summed E-state index contributed by atoms with van der Waals surface area (Å²) in [5.74, 6) is 0.686. The number of carbonyl (C=O) groups excluding carboxylic acids is 1. The number of hydrogen-bond acceptors (Lipinski definition) is 4. The normalized spacial score (nSPS) is 14.6. The number of aromatic nitrogens is 1. The molecular formula is C28H35Cl2N3O3. The number of rotatable bonds is 13. The number of para-hydroxylation sites is 1. The van der Waals surface area contributed by atoms with Crippen molar-refractivity contribution in [3.63, 3.8) is 0 Å². The summed E-state index contributed by atoms with van der Waals surface area (Å²) in [5.41, 5.74) is 2.81. The van der Waals surface area contributed by atoms with Crippen LogP contribution in [-0.2, 0) is 4.79 Å². The van der Waals surface area contributed by atoms with Gasteiger partial charge in [0.15, 0.2) is 0 Å². The molecule has 0 aliphatic carbocycles. The molecule has 0 radical (unpaired) electrons. The molecule has 1 fully saturated rings. The molecule has 0 bridgehead atoms. The van der Waals surface area contributed by atoms with Crippen LogP contribution in [0.15, 0.2) is 54.4 Å². The lowest BCUT2D eigenvalue weighted by Crippen LogP contribution is -2.39. The number of amides is 1. The summed E-state index contributed by atoms with van der Waals surface area (Å²) in [5, 5.41) is 9.53. The highest BCUT2D eigenvalue weighted by atomic mass is 35.5. The first kappa shape index (κ1) is 28.0. The Morgan fingerprint density at radius 2 is 1.78 bits per heavy atom. The van der Waals surface area contributed by atoms with E-state index < -0.39 is 5.97 Å². The Kier molecular flexibility index (Phi) is 11.6. The van der Waals surface area contributed by atoms with Crippen LogP contribution in [0.1, 0.15) is 54.4 Å². The highest BCUT2D eigenvalue weighted by molar-refractivity contribution is 6.18. The number of carboxylic acid groups (broad SMARTS) is 1. The van der Waals surface area contributed by atoms with Crippen molar-refractivity contribution < 1.29 is 14.7 Å². The summed E-state index contributed by atoms with van der Waals surface area (Å²) >= 11 is 12.0. The van der Waals surface area contributed by atoms with Crippen LogP contribution in [0.4, 0.5) is 5.69 Å². The fourth-order valence-corrected chi connectivity index (χ4v) is 5.14. The molecule has 0 atom stereocenters. The van der Waals surface area contributed by atoms with Crippen molar-refractivity contribution in [2.75, 3.05) is 42.8 Å². The molecule has 0 spiro atoms. The fraction of sp³-hybridized carbons (Fsp3) is 0.464. The first-order chi connectivity index (χ1) is 17.5. The summed E-state index contributed by atoms with van der Waals surface area (Å²) in [6.45, 7) is 2.76. The second-order valence-electron chi connectivity index (χ2n) is 9.12. The van der Waals surface area contributed by atoms with E-state index in [1.807, 2.05) is 35.2 Å². The van der Waals surface area contributed by atoms with E-state index in [-0.39, 0.29) is 5.91 Å². The van der Waals surface area contributed by atoms with E-state index in [1.54, 1.807) is 24.5 Å². The predicted molar refractivity (Wildman–Crippen MR) is 147 cm³/mol. The highest BCUT2D eigenvalue weighted by Gasteiger charge is 2.26. The van der Waals surface area contributed by atoms with Gasteiger partial charge in [-0.15, -0.1) is 23.2 Å². The van der Waals surface area contributed by atoms with Gasteiger partial charge < -0.3 is 14.9 Å². The number of alkyl halides is 2. The Hall–Kier alpha value is -2.57. The van der Waals surface area contributed by atoms with E-state index in [4.69, 9.17) is 23.2 Å². The Balaban J connectivity index is 1.48. The van der Waals surface area contributed by atoms with Gasteiger partial charge in [0.25, 0.3) is 5.91 Å². The summed E-state index contributed by atoms with van der Waals surface area (Å²) in [6.07, 6.45) is 10.4. The van der Waals surface area contributed by atoms with Crippen LogP contribution < -0.4 is 4.90 Å². The minimum Gasteiger partial charge on any atom is -0.478 e. The second-order valence-corrected chi connectivity index (χ2v) is 9.88. The number of carbonyl (C=O) groups is 2. The number of halogens is 2. The van der Waals surface area contributed by atoms with Gasteiger partial charge in [-0.05, 0) is 61.4 Å². The summed E-state index contributed by atoms with van der Waals surface area (Å²) in [6, 6.07) is 11.4. The Morgan fingerprint density at radius 1 is 1.06 bits per heavy atom. The third kappa shape index (κ3) is 8.24. The molecule has 6 nitrogen and oxygen atoms in total. The van der Waals surface area contributed by atoms with Gasteiger partial charge in [0.1, 0.15) is 0 Å². The molecule has 0 unspecified atom stereocenters. The first-order valence-electron chi connectivity index (χ1n) is 12.6. The third-order valence-corrected chi connectivity index (χ3v) is 7.03. The fourth-order valence-electron chi connectivity index (χ4n) is 4.73. The van der Waals surface area contributed by atoms with Crippen molar-refractivity contribution in [3.05, 3.63) is 65.5 Å². The maximum absolute atomic E-state index is 13.4. The number of unbranched alkanes of at least 4 members (excludes halogenated alkanes) is 1. The van der Waals surface area contributed by atoms with Crippen molar-refractivity contribution in [2.45, 2.75) is 38.5 Å². The average Bonchev–Trinajstić information content (AvgIpc) is 2.90. The van der Waals surface area contributed by atoms with Crippen LogP contribution in [0, 0.1) is 5.92 Å². The monoisotopic (exact) mass is 531 g/mol. The number of anilines is 1. The molecule has 1 aromatic carbocycles. The van der Waals surface area contributed by atoms with Crippen LogP contribution in [0.25, 0.3) is 6.08 Å². The molecule has 8 heteroatoms. The van der Waals surface area contributed by atoms with Crippen LogP contribution >= 0.6 is 23.2 Å². The van der Waals surface area contributed by atoms with Gasteiger partial charge >= 0.3 is 5.97 Å². The van der Waals surface area contributed by atoms with Gasteiger partial charge in [0.2, 0.25) is 0 Å². The number of pyridine rings is 1. The number of aliphatic carboxylic acids is 1. The van der Waals surface area contributed by atoms with Gasteiger partial charge in [-0.1, -0.05) is 31.0 Å². The Labute approximate surface area is 223 Å². The Bertz CT molecular complexity index is 1000. The SMILES string of the molecule is O=C(O)/C(=C/c1cccnc1)CCCCC1CCN(C(=O)c2ccccc2N(CCCl)CCCl)CC1. The van der Waals surface area contributed by atoms with E-state index in [1.165, 1.54) is 0 Å². The van der Waals surface area contributed by atoms with E-state index in [2.05, 4.69) is 9.88 Å². The molecule has 3 rings (SSSR count). The van der Waals surface area contributed by atoms with Gasteiger partial charge in [0.05, 0.1) is 5.56 Å². The van der Waals surface area contributed by atoms with E-state index in [9.17, 15) is 14.7 Å². The molecule has 1 aliphatic heterocycles. The number of carboxylic acids is 1. The zero-order valence-corrected chi connectivity index (χ0v) is 22.1. The largest absolute Gasteiger partial charge is 0.478 e. The highest BCUT2D eigenvalue weighted by Crippen LogP contribution is 2.27. The molecule has 0 saturated carbocycles. The standard InChI is InChI=1S/C28H35Cl2N3O3/c29-13-18-32(19-14-30)26-10-4-3-9-25(26)27(34)33-16-11-22(12-17-33)6-1-2-8-24(28(35)36)20-23-7-5-15-31-21-23/h3-5,7,9-10,15,20-22H,1-2,6,8,11-14,16-19H2,(H,35,36)/b24-20+. The molecule has 1 N–H and O–H groups in total. The molecule has 2 heterocycles. The molecular weight excluding hydrogens is 497 g/mol. The van der Waals surface area contributed by atoms with Crippen molar-refractivity contribution in [3.8, 4) is 0 Å². The molecule has 1 amide bonds. The van der Waals surface area contributed by atoms with Gasteiger partial charge in [0, 0.05) is 61.6 Å². The number of benzene rings is 1. The van der Waals surface area contributed by atoms with Crippen molar-refractivity contribution >= 4 is 46.8 Å². The minimum absolute atomic E-state index is 0.0600. The lowest BCUT2D eigenvalue weighted by molar-refractivity contribution is -0.132. The van der Waals surface area contributed by atoms with E-state index >= 15 is 0 Å². The van der Waals surface area contributed by atoms with Crippen LogP contribution in [0.2, 0.25) is 0 Å². The maximum atomic E-state index is 13.4. The number of nitrogens with zero attached hydrogens (tertiary/aromatic N) is 3. The molecule has 2 aromatic rings. The zero-order chi connectivity index (χ0) is 25.8. The van der Waals surface area contributed by atoms with E-state index in [0.717, 1.165) is 56.4 Å².